The minimum Gasteiger partial charge on any atom is -0.466 e. The van der Waals surface area contributed by atoms with Crippen molar-refractivity contribution in [2.75, 3.05) is 7.11 Å². The van der Waals surface area contributed by atoms with Gasteiger partial charge < -0.3 is 9.15 Å². The fourth-order valence-electron chi connectivity index (χ4n) is 3.15. The van der Waals surface area contributed by atoms with E-state index in [0.717, 1.165) is 16.9 Å². The number of aryl methyl sites for hydroxylation is 1. The number of fused-ring (bicyclic) bond motifs is 1. The van der Waals surface area contributed by atoms with E-state index in [4.69, 9.17) is 9.15 Å². The lowest BCUT2D eigenvalue weighted by molar-refractivity contribution is -0.136. The van der Waals surface area contributed by atoms with Gasteiger partial charge in [0.15, 0.2) is 0 Å². The topological polar surface area (TPSA) is 61.4 Å². The third-order valence-corrected chi connectivity index (χ3v) is 4.23. The number of benzene rings is 1. The number of methoxy groups -OCH3 is 1. The van der Waals surface area contributed by atoms with Gasteiger partial charge in [0.05, 0.1) is 24.4 Å². The summed E-state index contributed by atoms with van der Waals surface area (Å²) >= 11 is 0. The van der Waals surface area contributed by atoms with Crippen molar-refractivity contribution in [2.24, 2.45) is 0 Å². The molecule has 1 aromatic heterocycles. The monoisotopic (exact) mass is 313 g/mol. The number of carbonyl (C=O) groups excluding carboxylic acids is 1. The molecule has 0 saturated carbocycles. The highest BCUT2D eigenvalue weighted by atomic mass is 16.5. The number of allylic oxidation sites excluding steroid dienone is 1. The number of oxazole rings is 1. The van der Waals surface area contributed by atoms with Crippen molar-refractivity contribution >= 4 is 5.97 Å². The molecule has 0 saturated heterocycles. The first-order valence-corrected chi connectivity index (χ1v) is 7.66. The molecule has 0 fully saturated rings. The third-order valence-electron chi connectivity index (χ3n) is 4.23. The van der Waals surface area contributed by atoms with Crippen molar-refractivity contribution in [2.45, 2.75) is 32.6 Å². The Balaban J connectivity index is 2.14. The highest BCUT2D eigenvalue weighted by Crippen LogP contribution is 2.35. The molecule has 23 heavy (non-hydrogen) atoms. The Kier molecular flexibility index (Phi) is 3.94. The number of carbonyl (C=O) groups is 1. The quantitative estimate of drug-likeness (QED) is 0.818. The summed E-state index contributed by atoms with van der Waals surface area (Å²) in [5, 5.41) is 0. The molecule has 5 nitrogen and oxygen atoms in total. The molecule has 1 aromatic carbocycles. The van der Waals surface area contributed by atoms with Crippen molar-refractivity contribution in [3.63, 3.8) is 0 Å². The van der Waals surface area contributed by atoms with E-state index in [9.17, 15) is 9.59 Å². The lowest BCUT2D eigenvalue weighted by Crippen LogP contribution is -2.19. The van der Waals surface area contributed by atoms with Gasteiger partial charge in [0.25, 0.3) is 0 Å². The lowest BCUT2D eigenvalue weighted by Gasteiger charge is -2.20. The summed E-state index contributed by atoms with van der Waals surface area (Å²) in [6, 6.07) is 7.71. The van der Waals surface area contributed by atoms with Gasteiger partial charge in [0.1, 0.15) is 5.76 Å². The van der Waals surface area contributed by atoms with Gasteiger partial charge in [-0.05, 0) is 31.0 Å². The number of hydrogen-bond donors (Lipinski definition) is 0. The van der Waals surface area contributed by atoms with Crippen LogP contribution in [-0.2, 0) is 16.0 Å². The normalized spacial score (nSPS) is 16.7. The van der Waals surface area contributed by atoms with Crippen molar-refractivity contribution in [1.29, 1.82) is 0 Å². The van der Waals surface area contributed by atoms with Gasteiger partial charge in [-0.1, -0.05) is 25.1 Å². The van der Waals surface area contributed by atoms with Gasteiger partial charge >= 0.3 is 11.7 Å². The van der Waals surface area contributed by atoms with Gasteiger partial charge in [0, 0.05) is 12.0 Å². The van der Waals surface area contributed by atoms with Gasteiger partial charge in [-0.25, -0.2) is 14.2 Å². The Morgan fingerprint density at radius 3 is 2.87 bits per heavy atom. The predicted molar refractivity (Wildman–Crippen MR) is 85.9 cm³/mol. The molecule has 0 spiro atoms. The Labute approximate surface area is 134 Å². The van der Waals surface area contributed by atoms with Crippen LogP contribution in [0.2, 0.25) is 0 Å². The molecule has 3 rings (SSSR count). The first kappa shape index (κ1) is 15.3. The molecule has 1 atom stereocenters. The maximum Gasteiger partial charge on any atom is 0.424 e. The van der Waals surface area contributed by atoms with Crippen LogP contribution < -0.4 is 5.76 Å². The van der Waals surface area contributed by atoms with E-state index in [2.05, 4.69) is 0 Å². The molecule has 2 aromatic rings. The minimum absolute atomic E-state index is 0.245. The molecule has 1 aliphatic carbocycles. The predicted octanol–water partition coefficient (Wildman–Crippen LogP) is 2.89. The highest BCUT2D eigenvalue weighted by Gasteiger charge is 2.33. The summed E-state index contributed by atoms with van der Waals surface area (Å²) in [7, 11) is 1.36. The highest BCUT2D eigenvalue weighted by molar-refractivity contribution is 5.90. The Hall–Kier alpha value is -2.56. The number of rotatable bonds is 3. The smallest absolute Gasteiger partial charge is 0.424 e. The molecular weight excluding hydrogens is 294 g/mol. The maximum absolute atomic E-state index is 12.4. The zero-order valence-corrected chi connectivity index (χ0v) is 13.5. The second-order valence-electron chi connectivity index (χ2n) is 5.67. The number of hydrogen-bond acceptors (Lipinski definition) is 4. The van der Waals surface area contributed by atoms with Gasteiger partial charge in [-0.2, -0.15) is 0 Å². The van der Waals surface area contributed by atoms with Crippen LogP contribution in [0.15, 0.2) is 45.1 Å². The van der Waals surface area contributed by atoms with Gasteiger partial charge in [-0.15, -0.1) is 0 Å². The molecule has 120 valence electrons. The zero-order valence-electron chi connectivity index (χ0n) is 13.5. The standard InChI is InChI=1S/C18H19NO4/c1-4-13-14(17(20)22-3)8-9-15-16(13)23-18(21)19(15)12-7-5-6-11(2)10-12/h5-8,10,13H,4,9H2,1-3H3. The largest absolute Gasteiger partial charge is 0.466 e. The second-order valence-corrected chi connectivity index (χ2v) is 5.67. The first-order chi connectivity index (χ1) is 11.1. The Bertz CT molecular complexity index is 841. The molecule has 0 N–H and O–H groups in total. The Morgan fingerprint density at radius 2 is 2.22 bits per heavy atom. The molecule has 1 heterocycles. The summed E-state index contributed by atoms with van der Waals surface area (Å²) in [6.07, 6.45) is 2.97. The fourth-order valence-corrected chi connectivity index (χ4v) is 3.15. The molecule has 0 bridgehead atoms. The molecule has 1 unspecified atom stereocenters. The minimum atomic E-state index is -0.418. The van der Waals surface area contributed by atoms with Gasteiger partial charge in [-0.3, -0.25) is 0 Å². The van der Waals surface area contributed by atoms with Crippen LogP contribution in [0.5, 0.6) is 0 Å². The lowest BCUT2D eigenvalue weighted by atomic mass is 9.87. The summed E-state index contributed by atoms with van der Waals surface area (Å²) in [5.41, 5.74) is 3.22. The van der Waals surface area contributed by atoms with E-state index in [-0.39, 0.29) is 11.9 Å². The molecule has 1 aliphatic rings. The van der Waals surface area contributed by atoms with Gasteiger partial charge in [0.2, 0.25) is 0 Å². The number of nitrogens with zero attached hydrogens (tertiary/aromatic N) is 1. The van der Waals surface area contributed by atoms with Crippen LogP contribution in [0.4, 0.5) is 0 Å². The van der Waals surface area contributed by atoms with Crippen LogP contribution in [0.3, 0.4) is 0 Å². The van der Waals surface area contributed by atoms with Crippen LogP contribution in [0, 0.1) is 6.92 Å². The number of ether oxygens (including phenoxy) is 1. The summed E-state index contributed by atoms with van der Waals surface area (Å²) in [5.74, 6) is -0.459. The van der Waals surface area contributed by atoms with E-state index >= 15 is 0 Å². The van der Waals surface area contributed by atoms with Crippen molar-refractivity contribution in [1.82, 2.24) is 4.57 Å². The van der Waals surface area contributed by atoms with E-state index in [1.807, 2.05) is 44.2 Å². The summed E-state index contributed by atoms with van der Waals surface area (Å²) < 4.78 is 12.0. The average Bonchev–Trinajstić information content (AvgIpc) is 2.89. The summed E-state index contributed by atoms with van der Waals surface area (Å²) in [6.45, 7) is 3.94. The Morgan fingerprint density at radius 1 is 1.43 bits per heavy atom. The van der Waals surface area contributed by atoms with E-state index in [1.54, 1.807) is 4.57 Å². The van der Waals surface area contributed by atoms with Crippen molar-refractivity contribution in [3.8, 4) is 5.69 Å². The number of esters is 1. The third kappa shape index (κ3) is 2.52. The van der Waals surface area contributed by atoms with Crippen LogP contribution in [0.25, 0.3) is 5.69 Å². The SMILES string of the molecule is CCC1C(C(=O)OC)=CCc2c1oc(=O)n2-c1cccc(C)c1. The zero-order chi connectivity index (χ0) is 16.6. The second kappa shape index (κ2) is 5.91. The van der Waals surface area contributed by atoms with Crippen LogP contribution in [0.1, 0.15) is 36.3 Å². The molecule has 0 aliphatic heterocycles. The van der Waals surface area contributed by atoms with E-state index < -0.39 is 5.76 Å². The van der Waals surface area contributed by atoms with Crippen LogP contribution in [-0.4, -0.2) is 17.6 Å². The molecule has 0 radical (unpaired) electrons. The van der Waals surface area contributed by atoms with Crippen molar-refractivity contribution < 1.29 is 13.9 Å². The van der Waals surface area contributed by atoms with Crippen LogP contribution >= 0.6 is 0 Å². The number of aromatic nitrogens is 1. The summed E-state index contributed by atoms with van der Waals surface area (Å²) in [4.78, 5) is 24.3. The average molecular weight is 313 g/mol. The molecule has 0 amide bonds. The molecular formula is C18H19NO4. The van der Waals surface area contributed by atoms with Crippen molar-refractivity contribution in [3.05, 3.63) is 63.5 Å². The first-order valence-electron chi connectivity index (χ1n) is 7.66. The van der Waals surface area contributed by atoms with E-state index in [1.165, 1.54) is 7.11 Å². The fraction of sp³-hybridized carbons (Fsp3) is 0.333. The maximum atomic E-state index is 12.4. The molecule has 5 heteroatoms. The van der Waals surface area contributed by atoms with E-state index in [0.29, 0.717) is 24.2 Å².